The number of aryl methyl sites for hydroxylation is 3. The van der Waals surface area contributed by atoms with Crippen molar-refractivity contribution in [2.24, 2.45) is 0 Å². The van der Waals surface area contributed by atoms with Gasteiger partial charge < -0.3 is 0 Å². The van der Waals surface area contributed by atoms with E-state index in [1.165, 1.54) is 30.9 Å². The number of benzene rings is 1. The molecule has 0 spiro atoms. The van der Waals surface area contributed by atoms with E-state index >= 15 is 0 Å². The Morgan fingerprint density at radius 1 is 1.06 bits per heavy atom. The Bertz CT molecular complexity index is 524. The zero-order valence-electron chi connectivity index (χ0n) is 10.1. The van der Waals surface area contributed by atoms with Crippen LogP contribution in [0.1, 0.15) is 32.0 Å². The first-order valence-electron chi connectivity index (χ1n) is 5.46. The molecule has 0 saturated heterocycles. The van der Waals surface area contributed by atoms with E-state index in [0.717, 1.165) is 0 Å². The van der Waals surface area contributed by atoms with E-state index in [-0.39, 0.29) is 4.83 Å². The van der Waals surface area contributed by atoms with Crippen molar-refractivity contribution in [3.63, 3.8) is 0 Å². The van der Waals surface area contributed by atoms with E-state index in [1.54, 1.807) is 11.3 Å². The van der Waals surface area contributed by atoms with Crippen LogP contribution in [0, 0.1) is 20.8 Å². The van der Waals surface area contributed by atoms with E-state index in [4.69, 9.17) is 0 Å². The van der Waals surface area contributed by atoms with Crippen molar-refractivity contribution in [1.82, 2.24) is 0 Å². The third-order valence-electron chi connectivity index (χ3n) is 2.83. The van der Waals surface area contributed by atoms with E-state index < -0.39 is 0 Å². The summed E-state index contributed by atoms with van der Waals surface area (Å²) in [4.78, 5) is 1.64. The highest BCUT2D eigenvalue weighted by atomic mass is 79.9. The molecule has 0 N–H and O–H groups in total. The molecule has 0 fully saturated rings. The van der Waals surface area contributed by atoms with Crippen LogP contribution >= 0.6 is 43.2 Å². The van der Waals surface area contributed by atoms with Crippen LogP contribution in [-0.2, 0) is 0 Å². The SMILES string of the molecule is Cc1ccc(C)c(C(Br)c2cc(C)c(Br)s2)c1. The van der Waals surface area contributed by atoms with Crippen LogP contribution in [0.15, 0.2) is 28.1 Å². The van der Waals surface area contributed by atoms with E-state index in [2.05, 4.69) is 76.9 Å². The van der Waals surface area contributed by atoms with Gasteiger partial charge in [0.05, 0.1) is 8.61 Å². The van der Waals surface area contributed by atoms with Crippen LogP contribution in [0.25, 0.3) is 0 Å². The molecular weight excluding hydrogens is 360 g/mol. The van der Waals surface area contributed by atoms with E-state index in [0.29, 0.717) is 0 Å². The van der Waals surface area contributed by atoms with Crippen molar-refractivity contribution in [3.05, 3.63) is 55.2 Å². The predicted molar refractivity (Wildman–Crippen MR) is 83.4 cm³/mol. The van der Waals surface area contributed by atoms with Crippen LogP contribution in [0.2, 0.25) is 0 Å². The Labute approximate surface area is 123 Å². The summed E-state index contributed by atoms with van der Waals surface area (Å²) in [6, 6.07) is 8.86. The molecule has 0 aliphatic heterocycles. The van der Waals surface area contributed by atoms with Crippen molar-refractivity contribution in [3.8, 4) is 0 Å². The molecule has 1 aromatic heterocycles. The molecule has 1 unspecified atom stereocenters. The minimum absolute atomic E-state index is 0.289. The average molecular weight is 374 g/mol. The van der Waals surface area contributed by atoms with Gasteiger partial charge in [-0.3, -0.25) is 0 Å². The highest BCUT2D eigenvalue weighted by Crippen LogP contribution is 2.40. The molecule has 1 heterocycles. The number of thiophene rings is 1. The fraction of sp³-hybridized carbons (Fsp3) is 0.286. The lowest BCUT2D eigenvalue weighted by molar-refractivity contribution is 1.16. The molecule has 1 atom stereocenters. The van der Waals surface area contributed by atoms with Gasteiger partial charge in [0.2, 0.25) is 0 Å². The molecule has 1 aromatic carbocycles. The van der Waals surface area contributed by atoms with Crippen LogP contribution in [-0.4, -0.2) is 0 Å². The molecule has 3 heteroatoms. The van der Waals surface area contributed by atoms with Gasteiger partial charge in [0, 0.05) is 4.88 Å². The highest BCUT2D eigenvalue weighted by molar-refractivity contribution is 9.11. The van der Waals surface area contributed by atoms with Gasteiger partial charge in [-0.05, 0) is 59.5 Å². The quantitative estimate of drug-likeness (QED) is 0.573. The van der Waals surface area contributed by atoms with Gasteiger partial charge in [0.15, 0.2) is 0 Å². The lowest BCUT2D eigenvalue weighted by atomic mass is 10.0. The largest absolute Gasteiger partial charge is 0.131 e. The highest BCUT2D eigenvalue weighted by Gasteiger charge is 2.16. The molecular formula is C14H14Br2S. The summed E-state index contributed by atoms with van der Waals surface area (Å²) >= 11 is 9.21. The maximum atomic E-state index is 3.82. The fourth-order valence-electron chi connectivity index (χ4n) is 1.79. The Morgan fingerprint density at radius 3 is 2.35 bits per heavy atom. The summed E-state index contributed by atoms with van der Waals surface area (Å²) in [5.74, 6) is 0. The Kier molecular flexibility index (Phi) is 4.11. The Hall–Kier alpha value is -0.120. The molecule has 0 saturated carbocycles. The zero-order chi connectivity index (χ0) is 12.6. The van der Waals surface area contributed by atoms with Crippen molar-refractivity contribution in [2.75, 3.05) is 0 Å². The molecule has 0 aliphatic rings. The molecule has 0 aliphatic carbocycles. The molecule has 0 amide bonds. The topological polar surface area (TPSA) is 0 Å². The van der Waals surface area contributed by atoms with Crippen molar-refractivity contribution in [1.29, 1.82) is 0 Å². The zero-order valence-corrected chi connectivity index (χ0v) is 14.0. The van der Waals surface area contributed by atoms with Crippen molar-refractivity contribution in [2.45, 2.75) is 25.6 Å². The second kappa shape index (κ2) is 5.25. The number of rotatable bonds is 2. The van der Waals surface area contributed by atoms with E-state index in [1.807, 2.05) is 0 Å². The summed E-state index contributed by atoms with van der Waals surface area (Å²) < 4.78 is 1.22. The number of alkyl halides is 1. The molecule has 2 rings (SSSR count). The van der Waals surface area contributed by atoms with Gasteiger partial charge in [0.1, 0.15) is 0 Å². The van der Waals surface area contributed by atoms with Crippen LogP contribution in [0.4, 0.5) is 0 Å². The lowest BCUT2D eigenvalue weighted by Gasteiger charge is -2.12. The molecule has 0 nitrogen and oxygen atoms in total. The molecule has 0 radical (unpaired) electrons. The van der Waals surface area contributed by atoms with Gasteiger partial charge in [-0.25, -0.2) is 0 Å². The average Bonchev–Trinajstić information content (AvgIpc) is 2.62. The van der Waals surface area contributed by atoms with Crippen LogP contribution < -0.4 is 0 Å². The van der Waals surface area contributed by atoms with Gasteiger partial charge in [-0.2, -0.15) is 0 Å². The Balaban J connectivity index is 2.42. The minimum atomic E-state index is 0.289. The van der Waals surface area contributed by atoms with Gasteiger partial charge in [-0.15, -0.1) is 11.3 Å². The first-order valence-corrected chi connectivity index (χ1v) is 7.98. The van der Waals surface area contributed by atoms with Crippen molar-refractivity contribution < 1.29 is 0 Å². The maximum absolute atomic E-state index is 3.82. The van der Waals surface area contributed by atoms with E-state index in [9.17, 15) is 0 Å². The second-order valence-electron chi connectivity index (χ2n) is 4.33. The maximum Gasteiger partial charge on any atom is 0.0741 e. The minimum Gasteiger partial charge on any atom is -0.131 e. The lowest BCUT2D eigenvalue weighted by Crippen LogP contribution is -1.94. The fourth-order valence-corrected chi connectivity index (χ4v) is 4.27. The number of hydrogen-bond donors (Lipinski definition) is 0. The number of hydrogen-bond acceptors (Lipinski definition) is 1. The van der Waals surface area contributed by atoms with Gasteiger partial charge in [0.25, 0.3) is 0 Å². The number of halogens is 2. The Morgan fingerprint density at radius 2 is 1.76 bits per heavy atom. The third-order valence-corrected chi connectivity index (χ3v) is 6.32. The normalized spacial score (nSPS) is 12.8. The van der Waals surface area contributed by atoms with Crippen LogP contribution in [0.5, 0.6) is 0 Å². The van der Waals surface area contributed by atoms with Gasteiger partial charge in [-0.1, -0.05) is 39.7 Å². The van der Waals surface area contributed by atoms with Crippen molar-refractivity contribution >= 4 is 43.2 Å². The third kappa shape index (κ3) is 2.83. The second-order valence-corrected chi connectivity index (χ2v) is 7.65. The molecule has 17 heavy (non-hydrogen) atoms. The molecule has 2 aromatic rings. The smallest absolute Gasteiger partial charge is 0.0741 e. The predicted octanol–water partition coefficient (Wildman–Crippen LogP) is 5.92. The van der Waals surface area contributed by atoms with Crippen LogP contribution in [0.3, 0.4) is 0 Å². The summed E-state index contributed by atoms with van der Waals surface area (Å²) in [5, 5.41) is 0. The summed E-state index contributed by atoms with van der Waals surface area (Å²) in [7, 11) is 0. The summed E-state index contributed by atoms with van der Waals surface area (Å²) in [5.41, 5.74) is 5.31. The first-order chi connectivity index (χ1) is 7.99. The monoisotopic (exact) mass is 372 g/mol. The standard InChI is InChI=1S/C14H14Br2S/c1-8-4-5-9(2)11(6-8)13(15)12-7-10(3)14(16)17-12/h4-7,13H,1-3H3. The molecule has 90 valence electrons. The first kappa shape index (κ1) is 13.3. The van der Waals surface area contributed by atoms with Gasteiger partial charge >= 0.3 is 0 Å². The summed E-state index contributed by atoms with van der Waals surface area (Å²) in [6.07, 6.45) is 0. The summed E-state index contributed by atoms with van der Waals surface area (Å²) in [6.45, 7) is 6.43. The molecule has 0 bridgehead atoms.